The second kappa shape index (κ2) is 7.44. The van der Waals surface area contributed by atoms with E-state index in [1.54, 1.807) is 0 Å². The van der Waals surface area contributed by atoms with Crippen LogP contribution >= 0.6 is 0 Å². The Morgan fingerprint density at radius 2 is 1.79 bits per heavy atom. The van der Waals surface area contributed by atoms with Crippen molar-refractivity contribution in [2.24, 2.45) is 0 Å². The Balaban J connectivity index is 1.28. The molecule has 0 aliphatic carbocycles. The number of anilines is 1. The molecule has 1 N–H and O–H groups in total. The summed E-state index contributed by atoms with van der Waals surface area (Å²) in [4.78, 5) is 24.0. The minimum absolute atomic E-state index is 0.190. The number of carbonyl (C=O) groups excluding carboxylic acids is 1. The van der Waals surface area contributed by atoms with Crippen LogP contribution < -0.4 is 5.32 Å². The van der Waals surface area contributed by atoms with Gasteiger partial charge in [-0.2, -0.15) is 5.10 Å². The molecule has 0 fully saturated rings. The molecule has 1 amide bonds. The Kier molecular flexibility index (Phi) is 4.50. The number of para-hydroxylation sites is 3. The molecule has 0 saturated heterocycles. The lowest BCUT2D eigenvalue weighted by atomic mass is 10.2. The highest BCUT2D eigenvalue weighted by Gasteiger charge is 2.21. The van der Waals surface area contributed by atoms with Gasteiger partial charge < -0.3 is 5.32 Å². The van der Waals surface area contributed by atoms with Crippen molar-refractivity contribution in [1.82, 2.24) is 24.6 Å². The number of amides is 1. The van der Waals surface area contributed by atoms with Crippen LogP contribution in [0.5, 0.6) is 0 Å². The number of fused-ring (bicyclic) bond motifs is 2. The fourth-order valence-electron chi connectivity index (χ4n) is 3.58. The second-order valence-electron chi connectivity index (χ2n) is 7.12. The fourth-order valence-corrected chi connectivity index (χ4v) is 3.58. The Morgan fingerprint density at radius 3 is 2.66 bits per heavy atom. The maximum Gasteiger partial charge on any atom is 0.276 e. The van der Waals surface area contributed by atoms with E-state index < -0.39 is 0 Å². The fraction of sp³-hybridized carbons (Fsp3) is 0.182. The van der Waals surface area contributed by atoms with E-state index in [9.17, 15) is 4.79 Å². The molecule has 7 nitrogen and oxygen atoms in total. The Morgan fingerprint density at radius 1 is 1.00 bits per heavy atom. The summed E-state index contributed by atoms with van der Waals surface area (Å²) in [5, 5.41) is 7.37. The predicted octanol–water partition coefficient (Wildman–Crippen LogP) is 3.09. The zero-order chi connectivity index (χ0) is 19.6. The number of nitrogens with one attached hydrogen (secondary N) is 1. The van der Waals surface area contributed by atoms with Gasteiger partial charge in [0.05, 0.1) is 35.2 Å². The summed E-state index contributed by atoms with van der Waals surface area (Å²) in [5.41, 5.74) is 4.99. The highest BCUT2D eigenvalue weighted by molar-refractivity contribution is 6.02. The maximum absolute atomic E-state index is 12.5. The Labute approximate surface area is 168 Å². The molecular formula is C22H20N6O. The largest absolute Gasteiger partial charge is 0.321 e. The molecule has 0 spiro atoms. The third kappa shape index (κ3) is 3.72. The third-order valence-electron chi connectivity index (χ3n) is 5.03. The number of hydrogen-bond donors (Lipinski definition) is 1. The molecule has 2 aromatic heterocycles. The van der Waals surface area contributed by atoms with Crippen LogP contribution in [-0.4, -0.2) is 37.1 Å². The molecule has 3 heterocycles. The van der Waals surface area contributed by atoms with Gasteiger partial charge in [0.15, 0.2) is 5.69 Å². The van der Waals surface area contributed by atoms with E-state index in [-0.39, 0.29) is 5.91 Å². The minimum atomic E-state index is -0.190. The van der Waals surface area contributed by atoms with E-state index >= 15 is 0 Å². The SMILES string of the molecule is O=C(Nc1ccccc1)c1cc2n(n1)CCN(Cc1cnc3ccccc3n1)C2. The standard InChI is InChI=1S/C22H20N6O/c29-22(25-16-6-2-1-3-7-16)21-12-18-15-27(10-11-28(18)26-21)14-17-13-23-19-8-4-5-9-20(19)24-17/h1-9,12-13H,10-11,14-15H2,(H,25,29). The van der Waals surface area contributed by atoms with Gasteiger partial charge in [0.1, 0.15) is 0 Å². The van der Waals surface area contributed by atoms with Crippen LogP contribution in [0.15, 0.2) is 66.9 Å². The highest BCUT2D eigenvalue weighted by Crippen LogP contribution is 2.17. The molecule has 1 aliphatic heterocycles. The normalized spacial score (nSPS) is 13.9. The van der Waals surface area contributed by atoms with Crippen molar-refractivity contribution in [3.63, 3.8) is 0 Å². The van der Waals surface area contributed by atoms with Crippen molar-refractivity contribution in [1.29, 1.82) is 0 Å². The van der Waals surface area contributed by atoms with Crippen LogP contribution in [0.3, 0.4) is 0 Å². The first-order valence-corrected chi connectivity index (χ1v) is 9.61. The number of nitrogens with zero attached hydrogens (tertiary/aromatic N) is 5. The first-order chi connectivity index (χ1) is 14.2. The lowest BCUT2D eigenvalue weighted by Crippen LogP contribution is -2.33. The molecule has 0 saturated carbocycles. The van der Waals surface area contributed by atoms with E-state index in [4.69, 9.17) is 4.98 Å². The molecule has 144 valence electrons. The minimum Gasteiger partial charge on any atom is -0.321 e. The van der Waals surface area contributed by atoms with Crippen molar-refractivity contribution in [2.75, 3.05) is 11.9 Å². The van der Waals surface area contributed by atoms with Crippen LogP contribution in [0.4, 0.5) is 5.69 Å². The molecule has 4 aromatic rings. The summed E-state index contributed by atoms with van der Waals surface area (Å²) in [6, 6.07) is 19.2. The van der Waals surface area contributed by atoms with Crippen molar-refractivity contribution in [3.05, 3.63) is 83.9 Å². The van der Waals surface area contributed by atoms with Gasteiger partial charge in [-0.1, -0.05) is 30.3 Å². The summed E-state index contributed by atoms with van der Waals surface area (Å²) in [6.07, 6.45) is 1.84. The first kappa shape index (κ1) is 17.5. The van der Waals surface area contributed by atoms with E-state index in [1.807, 2.05) is 71.5 Å². The Bertz CT molecular complexity index is 1170. The smallest absolute Gasteiger partial charge is 0.276 e. The molecule has 2 aromatic carbocycles. The number of aromatic nitrogens is 4. The molecular weight excluding hydrogens is 364 g/mol. The molecule has 0 unspecified atom stereocenters. The van der Waals surface area contributed by atoms with Crippen LogP contribution in [0.1, 0.15) is 21.9 Å². The van der Waals surface area contributed by atoms with Crippen LogP contribution in [-0.2, 0) is 19.6 Å². The number of benzene rings is 2. The van der Waals surface area contributed by atoms with Crippen LogP contribution in [0.25, 0.3) is 11.0 Å². The summed E-state index contributed by atoms with van der Waals surface area (Å²) in [7, 11) is 0. The summed E-state index contributed by atoms with van der Waals surface area (Å²) >= 11 is 0. The number of hydrogen-bond acceptors (Lipinski definition) is 5. The van der Waals surface area contributed by atoms with Crippen molar-refractivity contribution in [3.8, 4) is 0 Å². The maximum atomic E-state index is 12.5. The lowest BCUT2D eigenvalue weighted by molar-refractivity contribution is 0.102. The van der Waals surface area contributed by atoms with Gasteiger partial charge >= 0.3 is 0 Å². The zero-order valence-corrected chi connectivity index (χ0v) is 15.8. The quantitative estimate of drug-likeness (QED) is 0.585. The van der Waals surface area contributed by atoms with Crippen molar-refractivity contribution < 1.29 is 4.79 Å². The molecule has 0 radical (unpaired) electrons. The van der Waals surface area contributed by atoms with Gasteiger partial charge in [-0.25, -0.2) is 4.98 Å². The molecule has 0 bridgehead atoms. The van der Waals surface area contributed by atoms with Gasteiger partial charge in [-0.3, -0.25) is 19.4 Å². The second-order valence-corrected chi connectivity index (χ2v) is 7.12. The van der Waals surface area contributed by atoms with Gasteiger partial charge in [-0.15, -0.1) is 0 Å². The molecule has 7 heteroatoms. The predicted molar refractivity (Wildman–Crippen MR) is 110 cm³/mol. The van der Waals surface area contributed by atoms with Crippen molar-refractivity contribution >= 4 is 22.6 Å². The molecule has 29 heavy (non-hydrogen) atoms. The molecule has 0 atom stereocenters. The monoisotopic (exact) mass is 384 g/mol. The number of rotatable bonds is 4. The van der Waals surface area contributed by atoms with Crippen LogP contribution in [0, 0.1) is 0 Å². The van der Waals surface area contributed by atoms with Gasteiger partial charge in [0.25, 0.3) is 5.91 Å². The van der Waals surface area contributed by atoms with E-state index in [0.29, 0.717) is 12.2 Å². The highest BCUT2D eigenvalue weighted by atomic mass is 16.1. The third-order valence-corrected chi connectivity index (χ3v) is 5.03. The average molecular weight is 384 g/mol. The Hall–Kier alpha value is -3.58. The van der Waals surface area contributed by atoms with E-state index in [1.165, 1.54) is 0 Å². The topological polar surface area (TPSA) is 75.9 Å². The number of carbonyl (C=O) groups is 1. The van der Waals surface area contributed by atoms with Gasteiger partial charge in [-0.05, 0) is 30.3 Å². The van der Waals surface area contributed by atoms with E-state index in [2.05, 4.69) is 20.3 Å². The summed E-state index contributed by atoms with van der Waals surface area (Å²) in [5.74, 6) is -0.190. The van der Waals surface area contributed by atoms with Gasteiger partial charge in [0, 0.05) is 25.3 Å². The van der Waals surface area contributed by atoms with E-state index in [0.717, 1.165) is 47.7 Å². The van der Waals surface area contributed by atoms with Gasteiger partial charge in [0.2, 0.25) is 0 Å². The summed E-state index contributed by atoms with van der Waals surface area (Å²) < 4.78 is 1.92. The molecule has 1 aliphatic rings. The zero-order valence-electron chi connectivity index (χ0n) is 15.8. The summed E-state index contributed by atoms with van der Waals surface area (Å²) in [6.45, 7) is 3.03. The first-order valence-electron chi connectivity index (χ1n) is 9.61. The lowest BCUT2D eigenvalue weighted by Gasteiger charge is -2.27. The van der Waals surface area contributed by atoms with Crippen LogP contribution in [0.2, 0.25) is 0 Å². The van der Waals surface area contributed by atoms with Crippen molar-refractivity contribution in [2.45, 2.75) is 19.6 Å². The molecule has 5 rings (SSSR count). The average Bonchev–Trinajstić information content (AvgIpc) is 3.18.